The van der Waals surface area contributed by atoms with Gasteiger partial charge in [-0.15, -0.1) is 12.4 Å². The summed E-state index contributed by atoms with van der Waals surface area (Å²) in [6, 6.07) is 0.897. The maximum absolute atomic E-state index is 3.45. The van der Waals surface area contributed by atoms with E-state index in [0.717, 1.165) is 12.0 Å². The predicted octanol–water partition coefficient (Wildman–Crippen LogP) is 2.67. The number of piperidine rings is 1. The summed E-state index contributed by atoms with van der Waals surface area (Å²) in [6.45, 7) is 3.82. The Labute approximate surface area is 107 Å². The molecule has 2 nitrogen and oxygen atoms in total. The SMILES string of the molecule is CN(CC1CCNCC1)C1CCCCC1.Cl. The Bertz CT molecular complexity index is 175. The molecule has 16 heavy (non-hydrogen) atoms. The van der Waals surface area contributed by atoms with Gasteiger partial charge in [-0.3, -0.25) is 0 Å². The Morgan fingerprint density at radius 3 is 2.25 bits per heavy atom. The molecule has 1 aliphatic heterocycles. The van der Waals surface area contributed by atoms with Crippen LogP contribution in [0.4, 0.5) is 0 Å². The molecule has 1 heterocycles. The van der Waals surface area contributed by atoms with Crippen molar-refractivity contribution in [2.45, 2.75) is 51.0 Å². The maximum atomic E-state index is 3.45. The van der Waals surface area contributed by atoms with Gasteiger partial charge in [0.15, 0.2) is 0 Å². The normalized spacial score (nSPS) is 24.4. The van der Waals surface area contributed by atoms with E-state index in [0.29, 0.717) is 0 Å². The van der Waals surface area contributed by atoms with Crippen LogP contribution in [-0.4, -0.2) is 37.6 Å². The summed E-state index contributed by atoms with van der Waals surface area (Å²) in [5.41, 5.74) is 0. The van der Waals surface area contributed by atoms with E-state index in [4.69, 9.17) is 0 Å². The van der Waals surface area contributed by atoms with E-state index < -0.39 is 0 Å². The summed E-state index contributed by atoms with van der Waals surface area (Å²) < 4.78 is 0. The largest absolute Gasteiger partial charge is 0.317 e. The van der Waals surface area contributed by atoms with Gasteiger partial charge in [0.1, 0.15) is 0 Å². The lowest BCUT2D eigenvalue weighted by Gasteiger charge is -2.35. The Morgan fingerprint density at radius 2 is 1.62 bits per heavy atom. The summed E-state index contributed by atoms with van der Waals surface area (Å²) in [5.74, 6) is 0.957. The van der Waals surface area contributed by atoms with Gasteiger partial charge in [-0.05, 0) is 51.7 Å². The van der Waals surface area contributed by atoms with Crippen LogP contribution in [0.1, 0.15) is 44.9 Å². The molecule has 0 atom stereocenters. The molecule has 0 spiro atoms. The van der Waals surface area contributed by atoms with E-state index in [1.54, 1.807) is 0 Å². The second-order valence-electron chi connectivity index (χ2n) is 5.42. The second kappa shape index (κ2) is 7.52. The van der Waals surface area contributed by atoms with E-state index in [-0.39, 0.29) is 12.4 Å². The van der Waals surface area contributed by atoms with E-state index >= 15 is 0 Å². The minimum atomic E-state index is 0. The van der Waals surface area contributed by atoms with E-state index in [2.05, 4.69) is 17.3 Å². The Kier molecular flexibility index (Phi) is 6.71. The van der Waals surface area contributed by atoms with E-state index in [1.807, 2.05) is 0 Å². The molecule has 1 saturated heterocycles. The van der Waals surface area contributed by atoms with Crippen molar-refractivity contribution in [3.05, 3.63) is 0 Å². The van der Waals surface area contributed by atoms with Crippen LogP contribution in [0, 0.1) is 5.92 Å². The highest BCUT2D eigenvalue weighted by atomic mass is 35.5. The molecule has 0 aromatic carbocycles. The number of nitrogens with one attached hydrogen (secondary N) is 1. The lowest BCUT2D eigenvalue weighted by molar-refractivity contribution is 0.153. The first-order valence-electron chi connectivity index (χ1n) is 6.77. The highest BCUT2D eigenvalue weighted by molar-refractivity contribution is 5.85. The van der Waals surface area contributed by atoms with Gasteiger partial charge in [-0.2, -0.15) is 0 Å². The van der Waals surface area contributed by atoms with Crippen LogP contribution in [0.5, 0.6) is 0 Å². The molecule has 0 unspecified atom stereocenters. The van der Waals surface area contributed by atoms with Crippen molar-refractivity contribution in [3.8, 4) is 0 Å². The Hall–Kier alpha value is 0.210. The summed E-state index contributed by atoms with van der Waals surface area (Å²) in [6.07, 6.45) is 10.1. The third-order valence-corrected chi connectivity index (χ3v) is 4.20. The van der Waals surface area contributed by atoms with Crippen LogP contribution in [0.2, 0.25) is 0 Å². The van der Waals surface area contributed by atoms with Gasteiger partial charge in [0.2, 0.25) is 0 Å². The molecule has 2 rings (SSSR count). The molecule has 0 radical (unpaired) electrons. The van der Waals surface area contributed by atoms with Crippen molar-refractivity contribution in [1.29, 1.82) is 0 Å². The van der Waals surface area contributed by atoms with Crippen LogP contribution in [-0.2, 0) is 0 Å². The van der Waals surface area contributed by atoms with Gasteiger partial charge in [0.05, 0.1) is 0 Å². The molecule has 1 aliphatic carbocycles. The number of rotatable bonds is 3. The first kappa shape index (κ1) is 14.3. The van der Waals surface area contributed by atoms with Crippen LogP contribution in [0.3, 0.4) is 0 Å². The molecule has 0 amide bonds. The molecule has 96 valence electrons. The fraction of sp³-hybridized carbons (Fsp3) is 1.00. The summed E-state index contributed by atoms with van der Waals surface area (Å²) in [5, 5.41) is 3.45. The van der Waals surface area contributed by atoms with Crippen LogP contribution >= 0.6 is 12.4 Å². The molecule has 0 aromatic rings. The monoisotopic (exact) mass is 246 g/mol. The van der Waals surface area contributed by atoms with Crippen molar-refractivity contribution in [1.82, 2.24) is 10.2 Å². The number of hydrogen-bond acceptors (Lipinski definition) is 2. The fourth-order valence-electron chi connectivity index (χ4n) is 3.14. The first-order chi connectivity index (χ1) is 7.36. The summed E-state index contributed by atoms with van der Waals surface area (Å²) in [7, 11) is 2.35. The van der Waals surface area contributed by atoms with Gasteiger partial charge >= 0.3 is 0 Å². The minimum absolute atomic E-state index is 0. The minimum Gasteiger partial charge on any atom is -0.317 e. The topological polar surface area (TPSA) is 15.3 Å². The van der Waals surface area contributed by atoms with Gasteiger partial charge in [0, 0.05) is 12.6 Å². The zero-order chi connectivity index (χ0) is 10.5. The second-order valence-corrected chi connectivity index (χ2v) is 5.42. The Balaban J connectivity index is 0.00000128. The van der Waals surface area contributed by atoms with Crippen molar-refractivity contribution in [2.24, 2.45) is 5.92 Å². The van der Waals surface area contributed by atoms with E-state index in [9.17, 15) is 0 Å². The van der Waals surface area contributed by atoms with Gasteiger partial charge in [-0.25, -0.2) is 0 Å². The molecule has 0 bridgehead atoms. The number of nitrogens with zero attached hydrogens (tertiary/aromatic N) is 1. The lowest BCUT2D eigenvalue weighted by atomic mass is 9.92. The summed E-state index contributed by atoms with van der Waals surface area (Å²) >= 11 is 0. The highest BCUT2D eigenvalue weighted by Gasteiger charge is 2.21. The van der Waals surface area contributed by atoms with Crippen molar-refractivity contribution >= 4 is 12.4 Å². The maximum Gasteiger partial charge on any atom is 0.00923 e. The van der Waals surface area contributed by atoms with Crippen LogP contribution < -0.4 is 5.32 Å². The standard InChI is InChI=1S/C13H26N2.ClH/c1-15(13-5-3-2-4-6-13)11-12-7-9-14-10-8-12;/h12-14H,2-11H2,1H3;1H. The third-order valence-electron chi connectivity index (χ3n) is 4.20. The average molecular weight is 247 g/mol. The van der Waals surface area contributed by atoms with Gasteiger partial charge < -0.3 is 10.2 Å². The molecule has 1 N–H and O–H groups in total. The smallest absolute Gasteiger partial charge is 0.00923 e. The average Bonchev–Trinajstić information content (AvgIpc) is 2.31. The third kappa shape index (κ3) is 4.23. The predicted molar refractivity (Wildman–Crippen MR) is 72.3 cm³/mol. The highest BCUT2D eigenvalue weighted by Crippen LogP contribution is 2.23. The van der Waals surface area contributed by atoms with Crippen molar-refractivity contribution in [3.63, 3.8) is 0 Å². The fourth-order valence-corrected chi connectivity index (χ4v) is 3.14. The van der Waals surface area contributed by atoms with Crippen LogP contribution in [0.25, 0.3) is 0 Å². The van der Waals surface area contributed by atoms with Gasteiger partial charge in [0.25, 0.3) is 0 Å². The van der Waals surface area contributed by atoms with Crippen LogP contribution in [0.15, 0.2) is 0 Å². The molecular weight excluding hydrogens is 220 g/mol. The first-order valence-corrected chi connectivity index (χ1v) is 6.77. The zero-order valence-electron chi connectivity index (χ0n) is 10.6. The van der Waals surface area contributed by atoms with Crippen molar-refractivity contribution < 1.29 is 0 Å². The van der Waals surface area contributed by atoms with E-state index in [1.165, 1.54) is 64.6 Å². The number of halogens is 1. The molecular formula is C13H27ClN2. The molecule has 2 fully saturated rings. The molecule has 2 aliphatic rings. The summed E-state index contributed by atoms with van der Waals surface area (Å²) in [4.78, 5) is 2.65. The quantitative estimate of drug-likeness (QED) is 0.824. The molecule has 0 aromatic heterocycles. The Morgan fingerprint density at radius 1 is 1.00 bits per heavy atom. The lowest BCUT2D eigenvalue weighted by Crippen LogP contribution is -2.40. The molecule has 3 heteroatoms. The number of hydrogen-bond donors (Lipinski definition) is 1. The van der Waals surface area contributed by atoms with Gasteiger partial charge in [-0.1, -0.05) is 19.3 Å². The zero-order valence-corrected chi connectivity index (χ0v) is 11.4. The molecule has 1 saturated carbocycles. The van der Waals surface area contributed by atoms with Crippen molar-refractivity contribution in [2.75, 3.05) is 26.7 Å².